The first kappa shape index (κ1) is 17.4. The second kappa shape index (κ2) is 7.06. The van der Waals surface area contributed by atoms with Crippen LogP contribution in [-0.4, -0.2) is 19.8 Å². The molecule has 2 aliphatic rings. The summed E-state index contributed by atoms with van der Waals surface area (Å²) >= 11 is 6.18. The number of methoxy groups -OCH3 is 2. The summed E-state index contributed by atoms with van der Waals surface area (Å²) < 4.78 is 11.3. The molecule has 22 heavy (non-hydrogen) atoms. The average Bonchev–Trinajstić information content (AvgIpc) is 2.50. The van der Waals surface area contributed by atoms with E-state index in [1.807, 2.05) is 25.3 Å². The molecule has 0 aliphatic heterocycles. The molecule has 0 aromatic heterocycles. The van der Waals surface area contributed by atoms with E-state index in [0.717, 1.165) is 30.1 Å². The Labute approximate surface area is 139 Å². The summed E-state index contributed by atoms with van der Waals surface area (Å²) in [6, 6.07) is 5.87. The molecule has 0 N–H and O–H groups in total. The molecule has 1 aromatic rings. The molecule has 0 saturated heterocycles. The van der Waals surface area contributed by atoms with Gasteiger partial charge in [0.05, 0.1) is 12.7 Å². The highest BCUT2D eigenvalue weighted by Crippen LogP contribution is 2.48. The van der Waals surface area contributed by atoms with Crippen LogP contribution in [0.3, 0.4) is 0 Å². The third kappa shape index (κ3) is 3.33. The topological polar surface area (TPSA) is 18.5 Å². The molecule has 3 rings (SSSR count). The SMILES string of the molecule is COc1cc(Cl)cc(C=C2CCC3CCCC2(OC)C3)c1.[CH2]. The van der Waals surface area contributed by atoms with Gasteiger partial charge in [-0.3, -0.25) is 0 Å². The highest BCUT2D eigenvalue weighted by Gasteiger charge is 2.42. The summed E-state index contributed by atoms with van der Waals surface area (Å²) in [4.78, 5) is 0. The van der Waals surface area contributed by atoms with Gasteiger partial charge in [0.1, 0.15) is 5.75 Å². The van der Waals surface area contributed by atoms with Crippen LogP contribution in [0.1, 0.15) is 44.1 Å². The molecule has 2 fully saturated rings. The number of hydrogen-bond acceptors (Lipinski definition) is 2. The van der Waals surface area contributed by atoms with Gasteiger partial charge in [0.25, 0.3) is 0 Å². The van der Waals surface area contributed by atoms with E-state index >= 15 is 0 Å². The lowest BCUT2D eigenvalue weighted by Gasteiger charge is -2.46. The van der Waals surface area contributed by atoms with Crippen molar-refractivity contribution in [2.45, 2.75) is 44.1 Å². The minimum absolute atomic E-state index is 0. The zero-order valence-corrected chi connectivity index (χ0v) is 14.3. The zero-order valence-electron chi connectivity index (χ0n) is 13.5. The van der Waals surface area contributed by atoms with Gasteiger partial charge in [-0.15, -0.1) is 0 Å². The predicted molar refractivity (Wildman–Crippen MR) is 92.3 cm³/mol. The van der Waals surface area contributed by atoms with Gasteiger partial charge in [-0.2, -0.15) is 0 Å². The fourth-order valence-electron chi connectivity index (χ4n) is 3.98. The van der Waals surface area contributed by atoms with Crippen LogP contribution in [-0.2, 0) is 4.74 Å². The normalized spacial score (nSPS) is 29.0. The molecule has 2 radical (unpaired) electrons. The van der Waals surface area contributed by atoms with Gasteiger partial charge < -0.3 is 9.47 Å². The maximum Gasteiger partial charge on any atom is 0.120 e. The third-order valence-corrected chi connectivity index (χ3v) is 5.30. The Bertz CT molecular complexity index is 552. The molecule has 0 heterocycles. The molecular weight excluding hydrogens is 296 g/mol. The molecule has 0 amide bonds. The van der Waals surface area contributed by atoms with Crippen LogP contribution in [0.2, 0.25) is 5.02 Å². The molecule has 0 spiro atoms. The summed E-state index contributed by atoms with van der Waals surface area (Å²) in [5.74, 6) is 1.64. The van der Waals surface area contributed by atoms with Crippen molar-refractivity contribution in [3.8, 4) is 5.75 Å². The average molecular weight is 321 g/mol. The van der Waals surface area contributed by atoms with Gasteiger partial charge in [-0.1, -0.05) is 31.5 Å². The first-order chi connectivity index (χ1) is 10.1. The van der Waals surface area contributed by atoms with E-state index in [2.05, 4.69) is 6.08 Å². The number of benzene rings is 1. The van der Waals surface area contributed by atoms with E-state index in [-0.39, 0.29) is 13.0 Å². The van der Waals surface area contributed by atoms with Gasteiger partial charge in [-0.25, -0.2) is 0 Å². The maximum absolute atomic E-state index is 6.18. The van der Waals surface area contributed by atoms with Gasteiger partial charge in [-0.05, 0) is 67.4 Å². The second-order valence-corrected chi connectivity index (χ2v) is 6.73. The number of hydrogen-bond donors (Lipinski definition) is 0. The molecule has 120 valence electrons. The van der Waals surface area contributed by atoms with Gasteiger partial charge >= 0.3 is 0 Å². The quantitative estimate of drug-likeness (QED) is 0.739. The number of halogens is 1. The van der Waals surface area contributed by atoms with Crippen LogP contribution in [0, 0.1) is 13.3 Å². The van der Waals surface area contributed by atoms with Crippen LogP contribution in [0.15, 0.2) is 23.8 Å². The van der Waals surface area contributed by atoms with Crippen molar-refractivity contribution >= 4 is 17.7 Å². The van der Waals surface area contributed by atoms with E-state index in [9.17, 15) is 0 Å². The van der Waals surface area contributed by atoms with E-state index in [0.29, 0.717) is 5.02 Å². The van der Waals surface area contributed by atoms with Gasteiger partial charge in [0.15, 0.2) is 0 Å². The van der Waals surface area contributed by atoms with Crippen LogP contribution >= 0.6 is 11.6 Å². The largest absolute Gasteiger partial charge is 0.497 e. The Morgan fingerprint density at radius 2 is 2.05 bits per heavy atom. The predicted octanol–water partition coefficient (Wildman–Crippen LogP) is 5.43. The van der Waals surface area contributed by atoms with E-state index < -0.39 is 0 Å². The molecule has 1 aromatic carbocycles. The Morgan fingerprint density at radius 3 is 2.77 bits per heavy atom. The first-order valence-electron chi connectivity index (χ1n) is 7.76. The van der Waals surface area contributed by atoms with Crippen LogP contribution in [0.5, 0.6) is 5.75 Å². The second-order valence-electron chi connectivity index (χ2n) is 6.29. The van der Waals surface area contributed by atoms with Crippen molar-refractivity contribution < 1.29 is 9.47 Å². The van der Waals surface area contributed by atoms with E-state index in [1.165, 1.54) is 31.3 Å². The van der Waals surface area contributed by atoms with Gasteiger partial charge in [0, 0.05) is 12.1 Å². The molecule has 2 saturated carbocycles. The molecule has 2 bridgehead atoms. The first-order valence-corrected chi connectivity index (χ1v) is 8.14. The van der Waals surface area contributed by atoms with Crippen molar-refractivity contribution in [1.29, 1.82) is 0 Å². The standard InChI is InChI=1S/C18H23ClO2.CH2/c1-20-17-10-14(9-16(19)11-17)8-15-6-5-13-4-3-7-18(15,12-13)21-2;/h8-11,13H,3-7,12H2,1-2H3;1H2. The summed E-state index contributed by atoms with van der Waals surface area (Å²) in [7, 11) is 3.53. The third-order valence-electron chi connectivity index (χ3n) is 5.08. The molecule has 2 unspecified atom stereocenters. The summed E-state index contributed by atoms with van der Waals surface area (Å²) in [6.07, 6.45) is 9.63. The smallest absolute Gasteiger partial charge is 0.120 e. The van der Waals surface area contributed by atoms with Crippen molar-refractivity contribution in [2.24, 2.45) is 5.92 Å². The lowest BCUT2D eigenvalue weighted by atomic mass is 9.66. The maximum atomic E-state index is 6.18. The molecule has 2 atom stereocenters. The fraction of sp³-hybridized carbons (Fsp3) is 0.526. The van der Waals surface area contributed by atoms with Crippen molar-refractivity contribution in [3.05, 3.63) is 41.8 Å². The molecule has 2 aliphatic carbocycles. The molecule has 3 heteroatoms. The minimum Gasteiger partial charge on any atom is -0.497 e. The Balaban J connectivity index is 0.00000176. The zero-order chi connectivity index (χ0) is 14.9. The van der Waals surface area contributed by atoms with E-state index in [4.69, 9.17) is 21.1 Å². The number of rotatable bonds is 3. The Hall–Kier alpha value is -0.990. The lowest BCUT2D eigenvalue weighted by molar-refractivity contribution is -0.0405. The molecular formula is C19H25ClO2. The number of ether oxygens (including phenoxy) is 2. The highest BCUT2D eigenvalue weighted by atomic mass is 35.5. The van der Waals surface area contributed by atoms with E-state index in [1.54, 1.807) is 7.11 Å². The lowest BCUT2D eigenvalue weighted by Crippen LogP contribution is -2.42. The van der Waals surface area contributed by atoms with Crippen LogP contribution < -0.4 is 4.74 Å². The van der Waals surface area contributed by atoms with Crippen LogP contribution in [0.4, 0.5) is 0 Å². The monoisotopic (exact) mass is 320 g/mol. The Morgan fingerprint density at radius 1 is 1.23 bits per heavy atom. The van der Waals surface area contributed by atoms with Crippen molar-refractivity contribution in [3.63, 3.8) is 0 Å². The Kier molecular flexibility index (Phi) is 5.57. The molecule has 2 nitrogen and oxygen atoms in total. The summed E-state index contributed by atoms with van der Waals surface area (Å²) in [5.41, 5.74) is 2.48. The van der Waals surface area contributed by atoms with Gasteiger partial charge in [0.2, 0.25) is 0 Å². The van der Waals surface area contributed by atoms with Crippen molar-refractivity contribution in [1.82, 2.24) is 0 Å². The van der Waals surface area contributed by atoms with Crippen molar-refractivity contribution in [2.75, 3.05) is 14.2 Å². The summed E-state index contributed by atoms with van der Waals surface area (Å²) in [6.45, 7) is 0. The minimum atomic E-state index is -0.0449. The van der Waals surface area contributed by atoms with Crippen LogP contribution in [0.25, 0.3) is 6.08 Å². The fourth-order valence-corrected chi connectivity index (χ4v) is 4.21. The summed E-state index contributed by atoms with van der Waals surface area (Å²) in [5, 5.41) is 0.713. The number of fused-ring (bicyclic) bond motifs is 2. The highest BCUT2D eigenvalue weighted by molar-refractivity contribution is 6.30.